The lowest BCUT2D eigenvalue weighted by atomic mass is 9.69. The van der Waals surface area contributed by atoms with Gasteiger partial charge in [0.2, 0.25) is 5.91 Å². The maximum Gasteiger partial charge on any atom is 0.321 e. The molecule has 5 nitrogen and oxygen atoms in total. The number of nitrogens with one attached hydrogen (secondary N) is 3. The first-order valence-corrected chi connectivity index (χ1v) is 8.65. The highest BCUT2D eigenvalue weighted by Crippen LogP contribution is 2.37. The summed E-state index contributed by atoms with van der Waals surface area (Å²) in [6, 6.07) is -0.0288. The molecule has 0 aliphatic heterocycles. The van der Waals surface area contributed by atoms with E-state index in [1.54, 1.807) is 0 Å². The first-order chi connectivity index (χ1) is 10.3. The maximum atomic E-state index is 11.9. The molecule has 5 heteroatoms. The van der Waals surface area contributed by atoms with Crippen molar-refractivity contribution in [3.8, 4) is 0 Å². The molecule has 0 saturated heterocycles. The minimum Gasteiger partial charge on any atom is -0.338 e. The van der Waals surface area contributed by atoms with Gasteiger partial charge in [-0.15, -0.1) is 0 Å². The molecule has 0 aromatic carbocycles. The highest BCUT2D eigenvalue weighted by molar-refractivity contribution is 5.95. The minimum atomic E-state index is -0.392. The fourth-order valence-electron chi connectivity index (χ4n) is 3.23. The van der Waals surface area contributed by atoms with Crippen LogP contribution in [0.3, 0.4) is 0 Å². The van der Waals surface area contributed by atoms with Crippen LogP contribution in [0.25, 0.3) is 0 Å². The second kappa shape index (κ2) is 9.13. The summed E-state index contributed by atoms with van der Waals surface area (Å²) < 4.78 is 0. The first-order valence-electron chi connectivity index (χ1n) is 8.65. The highest BCUT2D eigenvalue weighted by atomic mass is 16.2. The Morgan fingerprint density at radius 1 is 1.14 bits per heavy atom. The van der Waals surface area contributed by atoms with Crippen LogP contribution in [0.5, 0.6) is 0 Å². The Bertz CT molecular complexity index is 363. The van der Waals surface area contributed by atoms with E-state index < -0.39 is 6.03 Å². The summed E-state index contributed by atoms with van der Waals surface area (Å²) in [5, 5.41) is 8.43. The van der Waals surface area contributed by atoms with Gasteiger partial charge in [0.25, 0.3) is 0 Å². The molecule has 0 aromatic rings. The zero-order valence-electron chi connectivity index (χ0n) is 14.6. The first kappa shape index (κ1) is 18.9. The Morgan fingerprint density at radius 2 is 1.82 bits per heavy atom. The molecule has 1 rings (SSSR count). The molecule has 0 aromatic heterocycles. The van der Waals surface area contributed by atoms with Crippen LogP contribution in [0.2, 0.25) is 0 Å². The van der Waals surface area contributed by atoms with Crippen LogP contribution in [0.1, 0.15) is 66.2 Å². The van der Waals surface area contributed by atoms with Crippen molar-refractivity contribution in [2.24, 2.45) is 11.3 Å². The third-order valence-corrected chi connectivity index (χ3v) is 4.47. The number of hydrogen-bond acceptors (Lipinski definition) is 3. The van der Waals surface area contributed by atoms with Gasteiger partial charge in [0, 0.05) is 12.6 Å². The number of carbonyl (C=O) groups is 2. The summed E-state index contributed by atoms with van der Waals surface area (Å²) in [5.41, 5.74) is 0.242. The Morgan fingerprint density at radius 3 is 2.45 bits per heavy atom. The molecule has 0 spiro atoms. The Kier molecular flexibility index (Phi) is 7.87. The summed E-state index contributed by atoms with van der Waals surface area (Å²) in [5.74, 6) is 0.319. The van der Waals surface area contributed by atoms with Crippen LogP contribution in [0.4, 0.5) is 4.79 Å². The lowest BCUT2D eigenvalue weighted by Crippen LogP contribution is -2.49. The number of carbonyl (C=O) groups excluding carboxylic acids is 2. The average Bonchev–Trinajstić information content (AvgIpc) is 2.44. The molecular formula is C17H33N3O2. The number of rotatable bonds is 6. The zero-order valence-corrected chi connectivity index (χ0v) is 14.6. The molecule has 0 heterocycles. The molecule has 2 unspecified atom stereocenters. The topological polar surface area (TPSA) is 70.2 Å². The third-order valence-electron chi connectivity index (χ3n) is 4.47. The van der Waals surface area contributed by atoms with Gasteiger partial charge in [-0.3, -0.25) is 10.1 Å². The SMILES string of the molecule is CCCCNC(=O)NC(=O)CNC1CCCCC1C(C)(C)C. The van der Waals surface area contributed by atoms with Crippen LogP contribution >= 0.6 is 0 Å². The molecule has 1 fully saturated rings. The van der Waals surface area contributed by atoms with Gasteiger partial charge >= 0.3 is 6.03 Å². The van der Waals surface area contributed by atoms with E-state index in [1.165, 1.54) is 19.3 Å². The lowest BCUT2D eigenvalue weighted by Gasteiger charge is -2.40. The van der Waals surface area contributed by atoms with E-state index in [9.17, 15) is 9.59 Å². The van der Waals surface area contributed by atoms with Crippen molar-refractivity contribution < 1.29 is 9.59 Å². The molecule has 3 N–H and O–H groups in total. The van der Waals surface area contributed by atoms with Crippen molar-refractivity contribution in [2.45, 2.75) is 72.3 Å². The van der Waals surface area contributed by atoms with Crippen molar-refractivity contribution in [3.05, 3.63) is 0 Å². The molecule has 2 atom stereocenters. The van der Waals surface area contributed by atoms with E-state index in [-0.39, 0.29) is 17.9 Å². The van der Waals surface area contributed by atoms with Crippen LogP contribution in [0, 0.1) is 11.3 Å². The second-order valence-corrected chi connectivity index (χ2v) is 7.40. The summed E-state index contributed by atoms with van der Waals surface area (Å²) in [6.07, 6.45) is 6.74. The number of amides is 3. The highest BCUT2D eigenvalue weighted by Gasteiger charge is 2.33. The quantitative estimate of drug-likeness (QED) is 0.661. The standard InChI is InChI=1S/C17H33N3O2/c1-5-6-11-18-16(22)20-15(21)12-19-14-10-8-7-9-13(14)17(2,3)4/h13-14,19H,5-12H2,1-4H3,(H2,18,20,21,22). The van der Waals surface area contributed by atoms with Gasteiger partial charge in [0.15, 0.2) is 0 Å². The van der Waals surface area contributed by atoms with Gasteiger partial charge < -0.3 is 10.6 Å². The van der Waals surface area contributed by atoms with Gasteiger partial charge in [0.05, 0.1) is 6.54 Å². The summed E-state index contributed by atoms with van der Waals surface area (Å²) in [6.45, 7) is 9.66. The van der Waals surface area contributed by atoms with E-state index in [2.05, 4.69) is 43.6 Å². The minimum absolute atomic E-state index is 0.207. The smallest absolute Gasteiger partial charge is 0.321 e. The molecular weight excluding hydrogens is 278 g/mol. The molecule has 1 saturated carbocycles. The fraction of sp³-hybridized carbons (Fsp3) is 0.882. The maximum absolute atomic E-state index is 11.9. The van der Waals surface area contributed by atoms with Crippen LogP contribution in [0.15, 0.2) is 0 Å². The molecule has 22 heavy (non-hydrogen) atoms. The Labute approximate surface area is 135 Å². The third kappa shape index (κ3) is 6.77. The van der Waals surface area contributed by atoms with Crippen molar-refractivity contribution in [2.75, 3.05) is 13.1 Å². The largest absolute Gasteiger partial charge is 0.338 e. The Hall–Kier alpha value is -1.10. The number of hydrogen-bond donors (Lipinski definition) is 3. The second-order valence-electron chi connectivity index (χ2n) is 7.40. The van der Waals surface area contributed by atoms with Crippen molar-refractivity contribution >= 4 is 11.9 Å². The summed E-state index contributed by atoms with van der Waals surface area (Å²) >= 11 is 0. The normalized spacial score (nSPS) is 22.2. The van der Waals surface area contributed by atoms with E-state index in [4.69, 9.17) is 0 Å². The Balaban J connectivity index is 2.34. The molecule has 0 bridgehead atoms. The van der Waals surface area contributed by atoms with Crippen LogP contribution in [-0.4, -0.2) is 31.1 Å². The number of imide groups is 1. The predicted molar refractivity (Wildman–Crippen MR) is 89.7 cm³/mol. The van der Waals surface area contributed by atoms with Gasteiger partial charge in [-0.2, -0.15) is 0 Å². The molecule has 128 valence electrons. The fourth-order valence-corrected chi connectivity index (χ4v) is 3.23. The summed E-state index contributed by atoms with van der Waals surface area (Å²) in [4.78, 5) is 23.4. The summed E-state index contributed by atoms with van der Waals surface area (Å²) in [7, 11) is 0. The molecule has 0 radical (unpaired) electrons. The monoisotopic (exact) mass is 311 g/mol. The van der Waals surface area contributed by atoms with Gasteiger partial charge in [-0.25, -0.2) is 4.79 Å². The van der Waals surface area contributed by atoms with Crippen LogP contribution in [-0.2, 0) is 4.79 Å². The molecule has 3 amide bonds. The number of urea groups is 1. The van der Waals surface area contributed by atoms with Crippen molar-refractivity contribution in [1.82, 2.24) is 16.0 Å². The van der Waals surface area contributed by atoms with E-state index in [0.717, 1.165) is 19.3 Å². The van der Waals surface area contributed by atoms with E-state index in [1.807, 2.05) is 0 Å². The predicted octanol–water partition coefficient (Wildman–Crippen LogP) is 2.81. The average molecular weight is 311 g/mol. The van der Waals surface area contributed by atoms with Gasteiger partial charge in [-0.05, 0) is 30.6 Å². The van der Waals surface area contributed by atoms with Crippen molar-refractivity contribution in [3.63, 3.8) is 0 Å². The molecule has 1 aliphatic carbocycles. The van der Waals surface area contributed by atoms with Gasteiger partial charge in [0.1, 0.15) is 0 Å². The van der Waals surface area contributed by atoms with Gasteiger partial charge in [-0.1, -0.05) is 47.0 Å². The number of unbranched alkanes of at least 4 members (excludes halogenated alkanes) is 1. The van der Waals surface area contributed by atoms with E-state index >= 15 is 0 Å². The van der Waals surface area contributed by atoms with Crippen molar-refractivity contribution in [1.29, 1.82) is 0 Å². The van der Waals surface area contributed by atoms with E-state index in [0.29, 0.717) is 18.5 Å². The van der Waals surface area contributed by atoms with Crippen LogP contribution < -0.4 is 16.0 Å². The molecule has 1 aliphatic rings. The lowest BCUT2D eigenvalue weighted by molar-refractivity contribution is -0.119. The zero-order chi connectivity index (χ0) is 16.6.